The van der Waals surface area contributed by atoms with Crippen LogP contribution in [0.15, 0.2) is 12.3 Å². The molecule has 0 aliphatic carbocycles. The monoisotopic (exact) mass is 402 g/mol. The summed E-state index contributed by atoms with van der Waals surface area (Å²) in [6, 6.07) is 1.71. The number of aromatic nitrogens is 1. The molecule has 9 heteroatoms. The summed E-state index contributed by atoms with van der Waals surface area (Å²) in [5.74, 6) is -0.223. The standard InChI is InChI=1S/C18H30N2O6S/c1-12(2)14(11-27(22,23)24)7-13-8-16(25-6)19-9-15(13)10-20-17(21)26-18(3,4)5/h8-9,12,14H,7,10-11H2,1-6H3,(H,20,21)(H,22,23,24). The topological polar surface area (TPSA) is 115 Å². The Labute approximate surface area is 161 Å². The molecule has 1 unspecified atom stereocenters. The van der Waals surface area contributed by atoms with Gasteiger partial charge in [0.1, 0.15) is 5.60 Å². The van der Waals surface area contributed by atoms with Gasteiger partial charge in [-0.05, 0) is 50.2 Å². The van der Waals surface area contributed by atoms with E-state index in [4.69, 9.17) is 9.47 Å². The lowest BCUT2D eigenvalue weighted by atomic mass is 9.89. The molecule has 0 radical (unpaired) electrons. The molecule has 0 aliphatic rings. The van der Waals surface area contributed by atoms with Crippen molar-refractivity contribution in [2.45, 2.75) is 53.2 Å². The average Bonchev–Trinajstić information content (AvgIpc) is 2.49. The normalized spacial score (nSPS) is 13.3. The molecule has 1 aromatic rings. The molecule has 8 nitrogen and oxygen atoms in total. The van der Waals surface area contributed by atoms with Gasteiger partial charge in [0.05, 0.1) is 12.9 Å². The number of carbonyl (C=O) groups excluding carboxylic acids is 1. The average molecular weight is 403 g/mol. The third-order valence-electron chi connectivity index (χ3n) is 3.94. The molecule has 1 atom stereocenters. The molecule has 154 valence electrons. The van der Waals surface area contributed by atoms with Crippen LogP contribution in [0.4, 0.5) is 4.79 Å². The third kappa shape index (κ3) is 9.05. The van der Waals surface area contributed by atoms with Crippen LogP contribution in [0.2, 0.25) is 0 Å². The van der Waals surface area contributed by atoms with Gasteiger partial charge in [0, 0.05) is 18.8 Å². The van der Waals surface area contributed by atoms with Gasteiger partial charge in [-0.15, -0.1) is 0 Å². The molecule has 0 saturated heterocycles. The van der Waals surface area contributed by atoms with E-state index < -0.39 is 21.8 Å². The Hall–Kier alpha value is -1.87. The SMILES string of the molecule is COc1cc(CC(CS(=O)(=O)O)C(C)C)c(CNC(=O)OC(C)(C)C)cn1. The predicted octanol–water partition coefficient (Wildman–Crippen LogP) is 2.82. The Morgan fingerprint density at radius 1 is 1.30 bits per heavy atom. The summed E-state index contributed by atoms with van der Waals surface area (Å²) in [5, 5.41) is 2.67. The second-order valence-corrected chi connectivity index (χ2v) is 9.30. The van der Waals surface area contributed by atoms with Crippen LogP contribution in [-0.4, -0.2) is 42.5 Å². The zero-order chi connectivity index (χ0) is 20.8. The van der Waals surface area contributed by atoms with Gasteiger partial charge in [0.25, 0.3) is 10.1 Å². The van der Waals surface area contributed by atoms with Crippen LogP contribution in [0.5, 0.6) is 5.88 Å². The van der Waals surface area contributed by atoms with E-state index in [9.17, 15) is 17.8 Å². The molecule has 0 saturated carbocycles. The number of amides is 1. The van der Waals surface area contributed by atoms with Gasteiger partial charge in [0.2, 0.25) is 5.88 Å². The highest BCUT2D eigenvalue weighted by atomic mass is 32.2. The Morgan fingerprint density at radius 2 is 1.93 bits per heavy atom. The number of pyridine rings is 1. The second-order valence-electron chi connectivity index (χ2n) is 7.81. The lowest BCUT2D eigenvalue weighted by Gasteiger charge is -2.22. The molecule has 0 aromatic carbocycles. The highest BCUT2D eigenvalue weighted by Crippen LogP contribution is 2.24. The minimum Gasteiger partial charge on any atom is -0.481 e. The van der Waals surface area contributed by atoms with Crippen LogP contribution in [0.1, 0.15) is 45.7 Å². The lowest BCUT2D eigenvalue weighted by molar-refractivity contribution is 0.0523. The summed E-state index contributed by atoms with van der Waals surface area (Å²) < 4.78 is 42.3. The summed E-state index contributed by atoms with van der Waals surface area (Å²) >= 11 is 0. The van der Waals surface area contributed by atoms with Crippen molar-refractivity contribution in [3.8, 4) is 5.88 Å². The first kappa shape index (κ1) is 23.2. The lowest BCUT2D eigenvalue weighted by Crippen LogP contribution is -2.32. The van der Waals surface area contributed by atoms with E-state index in [-0.39, 0.29) is 24.1 Å². The van der Waals surface area contributed by atoms with E-state index in [0.29, 0.717) is 12.3 Å². The number of nitrogens with one attached hydrogen (secondary N) is 1. The largest absolute Gasteiger partial charge is 0.481 e. The fraction of sp³-hybridized carbons (Fsp3) is 0.667. The van der Waals surface area contributed by atoms with E-state index in [0.717, 1.165) is 11.1 Å². The first-order valence-electron chi connectivity index (χ1n) is 8.74. The highest BCUT2D eigenvalue weighted by Gasteiger charge is 2.23. The highest BCUT2D eigenvalue weighted by molar-refractivity contribution is 7.85. The van der Waals surface area contributed by atoms with Crippen LogP contribution in [0.3, 0.4) is 0 Å². The first-order chi connectivity index (χ1) is 12.3. The van der Waals surface area contributed by atoms with Gasteiger partial charge >= 0.3 is 6.09 Å². The Kier molecular flexibility index (Phi) is 8.04. The summed E-state index contributed by atoms with van der Waals surface area (Å²) in [7, 11) is -2.61. The van der Waals surface area contributed by atoms with Crippen molar-refractivity contribution in [3.63, 3.8) is 0 Å². The quantitative estimate of drug-likeness (QED) is 0.643. The van der Waals surface area contributed by atoms with Gasteiger partial charge in [0.15, 0.2) is 0 Å². The fourth-order valence-corrected chi connectivity index (χ4v) is 3.53. The Morgan fingerprint density at radius 3 is 2.41 bits per heavy atom. The van der Waals surface area contributed by atoms with Gasteiger partial charge in [-0.1, -0.05) is 13.8 Å². The van der Waals surface area contributed by atoms with Gasteiger partial charge in [-0.25, -0.2) is 9.78 Å². The number of alkyl carbamates (subject to hydrolysis) is 1. The van der Waals surface area contributed by atoms with E-state index >= 15 is 0 Å². The van der Waals surface area contributed by atoms with Crippen LogP contribution >= 0.6 is 0 Å². The van der Waals surface area contributed by atoms with Crippen LogP contribution in [0.25, 0.3) is 0 Å². The van der Waals surface area contributed by atoms with Crippen LogP contribution in [-0.2, 0) is 27.8 Å². The molecule has 27 heavy (non-hydrogen) atoms. The maximum Gasteiger partial charge on any atom is 0.407 e. The van der Waals surface area contributed by atoms with Crippen LogP contribution < -0.4 is 10.1 Å². The maximum absolute atomic E-state index is 11.9. The van der Waals surface area contributed by atoms with Crippen molar-refractivity contribution in [1.82, 2.24) is 10.3 Å². The van der Waals surface area contributed by atoms with Gasteiger partial charge in [-0.3, -0.25) is 4.55 Å². The molecule has 0 aliphatic heterocycles. The number of hydrogen-bond acceptors (Lipinski definition) is 6. The number of carbonyl (C=O) groups is 1. The van der Waals surface area contributed by atoms with E-state index in [1.54, 1.807) is 33.0 Å². The molecule has 0 spiro atoms. The van der Waals surface area contributed by atoms with Gasteiger partial charge in [-0.2, -0.15) is 8.42 Å². The smallest absolute Gasteiger partial charge is 0.407 e. The fourth-order valence-electron chi connectivity index (χ4n) is 2.49. The molecular formula is C18H30N2O6S. The molecule has 0 bridgehead atoms. The Balaban J connectivity index is 3.01. The Bertz CT molecular complexity index is 741. The van der Waals surface area contributed by atoms with Crippen molar-refractivity contribution in [2.75, 3.05) is 12.9 Å². The molecule has 0 fully saturated rings. The first-order valence-corrected chi connectivity index (χ1v) is 10.4. The summed E-state index contributed by atoms with van der Waals surface area (Å²) in [4.78, 5) is 16.0. The molecule has 1 aromatic heterocycles. The number of hydrogen-bond donors (Lipinski definition) is 2. The maximum atomic E-state index is 11.9. The zero-order valence-electron chi connectivity index (χ0n) is 16.8. The number of ether oxygens (including phenoxy) is 2. The minimum absolute atomic E-state index is 0.0257. The molecule has 1 heterocycles. The molecule has 2 N–H and O–H groups in total. The number of rotatable bonds is 8. The number of nitrogens with zero attached hydrogens (tertiary/aromatic N) is 1. The van der Waals surface area contributed by atoms with Crippen molar-refractivity contribution in [3.05, 3.63) is 23.4 Å². The summed E-state index contributed by atoms with van der Waals surface area (Å²) in [5.41, 5.74) is 0.909. The number of methoxy groups -OCH3 is 1. The predicted molar refractivity (Wildman–Crippen MR) is 102 cm³/mol. The van der Waals surface area contributed by atoms with E-state index in [1.807, 2.05) is 13.8 Å². The molecule has 1 rings (SSSR count). The van der Waals surface area contributed by atoms with Crippen LogP contribution in [0, 0.1) is 11.8 Å². The minimum atomic E-state index is -4.10. The van der Waals surface area contributed by atoms with Crippen molar-refractivity contribution < 1.29 is 27.2 Å². The summed E-state index contributed by atoms with van der Waals surface area (Å²) in [6.45, 7) is 9.29. The molecule has 1 amide bonds. The third-order valence-corrected chi connectivity index (χ3v) is 4.79. The van der Waals surface area contributed by atoms with Crippen molar-refractivity contribution in [1.29, 1.82) is 0 Å². The zero-order valence-corrected chi connectivity index (χ0v) is 17.6. The van der Waals surface area contributed by atoms with E-state index in [2.05, 4.69) is 10.3 Å². The van der Waals surface area contributed by atoms with Crippen molar-refractivity contribution in [2.24, 2.45) is 11.8 Å². The van der Waals surface area contributed by atoms with Crippen molar-refractivity contribution >= 4 is 16.2 Å². The second kappa shape index (κ2) is 9.36. The van der Waals surface area contributed by atoms with Gasteiger partial charge < -0.3 is 14.8 Å². The summed E-state index contributed by atoms with van der Waals surface area (Å²) in [6.07, 6.45) is 1.42. The molecular weight excluding hydrogens is 372 g/mol. The van der Waals surface area contributed by atoms with E-state index in [1.165, 1.54) is 7.11 Å².